The van der Waals surface area contributed by atoms with Crippen molar-refractivity contribution >= 4 is 5.82 Å². The lowest BCUT2D eigenvalue weighted by atomic mass is 10.3. The third-order valence-electron chi connectivity index (χ3n) is 1.17. The fourth-order valence-electron chi connectivity index (χ4n) is 0.640. The van der Waals surface area contributed by atoms with Crippen LogP contribution in [0.25, 0.3) is 0 Å². The van der Waals surface area contributed by atoms with Crippen molar-refractivity contribution in [1.29, 1.82) is 0 Å². The van der Waals surface area contributed by atoms with Gasteiger partial charge in [-0.2, -0.15) is 0 Å². The van der Waals surface area contributed by atoms with Gasteiger partial charge in [-0.25, -0.2) is 0 Å². The van der Waals surface area contributed by atoms with E-state index < -0.39 is 0 Å². The molecule has 56 valence electrons. The fourth-order valence-corrected chi connectivity index (χ4v) is 0.640. The molecule has 1 aromatic heterocycles. The summed E-state index contributed by atoms with van der Waals surface area (Å²) in [5.41, 5.74) is 6.58. The highest BCUT2D eigenvalue weighted by Gasteiger charge is 1.96. The lowest BCUT2D eigenvalue weighted by Crippen LogP contribution is -3.00. The number of hydrogen-bond donors (Lipinski definition) is 2. The van der Waals surface area contributed by atoms with Gasteiger partial charge in [-0.05, 0) is 18.6 Å². The number of nitrogens with two attached hydrogens (primary N) is 2. The first-order chi connectivity index (χ1) is 4.20. The second-order valence-electron chi connectivity index (χ2n) is 2.04. The van der Waals surface area contributed by atoms with Crippen LogP contribution in [0.3, 0.4) is 0 Å². The summed E-state index contributed by atoms with van der Waals surface area (Å²) >= 11 is 0. The Kier molecular flexibility index (Phi) is 3.41. The number of halogens is 1. The highest BCUT2D eigenvalue weighted by Crippen LogP contribution is 1.95. The van der Waals surface area contributed by atoms with E-state index in [1.165, 1.54) is 4.68 Å². The molecule has 1 heterocycles. The summed E-state index contributed by atoms with van der Waals surface area (Å²) in [6.07, 6.45) is 1.73. The Morgan fingerprint density at radius 2 is 2.10 bits per heavy atom. The molecule has 0 amide bonds. The average Bonchev–Trinajstić information content (AvgIpc) is 1.80. The molecular formula is C6H10IN3. The summed E-state index contributed by atoms with van der Waals surface area (Å²) in [5.74, 6) is 5.96. The molecule has 0 radical (unpaired) electrons. The van der Waals surface area contributed by atoms with E-state index in [0.717, 1.165) is 5.56 Å². The normalized spacial score (nSPS) is 8.50. The number of nitrogens with zero attached hydrogens (tertiary/aromatic N) is 1. The molecule has 0 atom stereocenters. The number of nitrogen functional groups attached to an aromatic ring is 2. The van der Waals surface area contributed by atoms with Crippen LogP contribution < -0.4 is 40.2 Å². The first kappa shape index (κ1) is 9.48. The van der Waals surface area contributed by atoms with Crippen LogP contribution in [0.2, 0.25) is 0 Å². The number of pyridine rings is 1. The zero-order valence-electron chi connectivity index (χ0n) is 5.71. The molecule has 1 aromatic rings. The van der Waals surface area contributed by atoms with Crippen LogP contribution in [-0.2, 0) is 0 Å². The zero-order chi connectivity index (χ0) is 6.85. The smallest absolute Gasteiger partial charge is 0.295 e. The Morgan fingerprint density at radius 1 is 1.50 bits per heavy atom. The number of aryl methyl sites for hydroxylation is 1. The van der Waals surface area contributed by atoms with E-state index >= 15 is 0 Å². The quantitative estimate of drug-likeness (QED) is 0.287. The van der Waals surface area contributed by atoms with Crippen LogP contribution in [0.4, 0.5) is 5.82 Å². The minimum absolute atomic E-state index is 0. The number of aromatic nitrogens is 1. The lowest BCUT2D eigenvalue weighted by molar-refractivity contribution is -0.623. The SMILES string of the molecule is Cc1cc[n+](N)c(N)c1.[I-]. The maximum atomic E-state index is 5.46. The second kappa shape index (κ2) is 3.60. The fraction of sp³-hybridized carbons (Fsp3) is 0.167. The molecule has 4 N–H and O–H groups in total. The van der Waals surface area contributed by atoms with E-state index in [1.807, 2.05) is 19.1 Å². The Hall–Kier alpha value is -0.520. The first-order valence-corrected chi connectivity index (χ1v) is 2.73. The predicted molar refractivity (Wildman–Crippen MR) is 35.9 cm³/mol. The van der Waals surface area contributed by atoms with Gasteiger partial charge in [0.05, 0.1) is 0 Å². The third-order valence-corrected chi connectivity index (χ3v) is 1.17. The van der Waals surface area contributed by atoms with Crippen molar-refractivity contribution in [2.75, 3.05) is 11.6 Å². The second-order valence-corrected chi connectivity index (χ2v) is 2.04. The summed E-state index contributed by atoms with van der Waals surface area (Å²) in [5, 5.41) is 0. The van der Waals surface area contributed by atoms with E-state index in [-0.39, 0.29) is 24.0 Å². The van der Waals surface area contributed by atoms with Crippen LogP contribution in [-0.4, -0.2) is 0 Å². The molecule has 0 saturated carbocycles. The Labute approximate surface area is 77.0 Å². The molecule has 0 aliphatic heterocycles. The standard InChI is InChI=1S/C6H9N3.HI/c1-5-2-3-9(8)6(7)4-5;/h2-4,7H,8H2,1H3;1H. The van der Waals surface area contributed by atoms with Crippen LogP contribution in [0.1, 0.15) is 5.56 Å². The molecule has 10 heavy (non-hydrogen) atoms. The van der Waals surface area contributed by atoms with E-state index in [0.29, 0.717) is 5.82 Å². The summed E-state index contributed by atoms with van der Waals surface area (Å²) in [6, 6.07) is 3.72. The van der Waals surface area contributed by atoms with Crippen molar-refractivity contribution in [1.82, 2.24) is 0 Å². The minimum atomic E-state index is 0. The van der Waals surface area contributed by atoms with E-state index in [9.17, 15) is 0 Å². The van der Waals surface area contributed by atoms with Crippen LogP contribution >= 0.6 is 0 Å². The Morgan fingerprint density at radius 3 is 2.50 bits per heavy atom. The Balaban J connectivity index is 0.000000810. The number of anilines is 1. The largest absolute Gasteiger partial charge is 1.00 e. The third kappa shape index (κ3) is 2.02. The monoisotopic (exact) mass is 251 g/mol. The van der Waals surface area contributed by atoms with Crippen molar-refractivity contribution in [3.05, 3.63) is 23.9 Å². The molecule has 0 spiro atoms. The molecule has 0 unspecified atom stereocenters. The molecular weight excluding hydrogens is 241 g/mol. The van der Waals surface area contributed by atoms with Gasteiger partial charge in [0.25, 0.3) is 5.82 Å². The Bertz CT molecular complexity index is 224. The molecule has 0 bridgehead atoms. The van der Waals surface area contributed by atoms with E-state index in [2.05, 4.69) is 0 Å². The molecule has 0 aliphatic rings. The zero-order valence-corrected chi connectivity index (χ0v) is 7.87. The maximum Gasteiger partial charge on any atom is 0.295 e. The van der Waals surface area contributed by atoms with Gasteiger partial charge in [0.2, 0.25) is 0 Å². The number of rotatable bonds is 0. The summed E-state index contributed by atoms with van der Waals surface area (Å²) in [7, 11) is 0. The van der Waals surface area contributed by atoms with Gasteiger partial charge >= 0.3 is 0 Å². The minimum Gasteiger partial charge on any atom is -1.00 e. The van der Waals surface area contributed by atoms with Gasteiger partial charge < -0.3 is 24.0 Å². The van der Waals surface area contributed by atoms with Crippen molar-refractivity contribution < 1.29 is 28.7 Å². The maximum absolute atomic E-state index is 5.46. The van der Waals surface area contributed by atoms with E-state index in [1.54, 1.807) is 6.20 Å². The van der Waals surface area contributed by atoms with Crippen molar-refractivity contribution in [3.8, 4) is 0 Å². The van der Waals surface area contributed by atoms with Crippen LogP contribution in [0.5, 0.6) is 0 Å². The van der Waals surface area contributed by atoms with Crippen LogP contribution in [0, 0.1) is 6.92 Å². The molecule has 0 fully saturated rings. The first-order valence-electron chi connectivity index (χ1n) is 2.73. The molecule has 0 aliphatic carbocycles. The highest BCUT2D eigenvalue weighted by molar-refractivity contribution is 5.25. The molecule has 1 rings (SSSR count). The van der Waals surface area contributed by atoms with Gasteiger partial charge in [0, 0.05) is 6.07 Å². The van der Waals surface area contributed by atoms with Gasteiger partial charge in [0.1, 0.15) is 6.20 Å². The number of hydrogen-bond acceptors (Lipinski definition) is 2. The van der Waals surface area contributed by atoms with Gasteiger partial charge in [-0.3, -0.25) is 11.6 Å². The topological polar surface area (TPSA) is 55.9 Å². The van der Waals surface area contributed by atoms with E-state index in [4.69, 9.17) is 11.6 Å². The highest BCUT2D eigenvalue weighted by atomic mass is 127. The van der Waals surface area contributed by atoms with Crippen molar-refractivity contribution in [2.45, 2.75) is 6.92 Å². The van der Waals surface area contributed by atoms with Gasteiger partial charge in [0.15, 0.2) is 0 Å². The van der Waals surface area contributed by atoms with Gasteiger partial charge in [-0.1, -0.05) is 0 Å². The summed E-state index contributed by atoms with van der Waals surface area (Å²) < 4.78 is 1.38. The summed E-state index contributed by atoms with van der Waals surface area (Å²) in [4.78, 5) is 0. The summed E-state index contributed by atoms with van der Waals surface area (Å²) in [6.45, 7) is 1.97. The average molecular weight is 251 g/mol. The molecule has 0 aromatic carbocycles. The molecule has 4 heteroatoms. The van der Waals surface area contributed by atoms with Crippen LogP contribution in [0.15, 0.2) is 18.3 Å². The van der Waals surface area contributed by atoms with Gasteiger partial charge in [-0.15, -0.1) is 4.68 Å². The molecule has 0 saturated heterocycles. The molecule has 3 nitrogen and oxygen atoms in total. The lowest BCUT2D eigenvalue weighted by Gasteiger charge is -1.93. The van der Waals surface area contributed by atoms with Crippen molar-refractivity contribution in [3.63, 3.8) is 0 Å². The van der Waals surface area contributed by atoms with Crippen molar-refractivity contribution in [2.24, 2.45) is 0 Å². The predicted octanol–water partition coefficient (Wildman–Crippen LogP) is -3.42.